The van der Waals surface area contributed by atoms with Gasteiger partial charge in [-0.3, -0.25) is 4.79 Å². The van der Waals surface area contributed by atoms with Gasteiger partial charge in [-0.2, -0.15) is 0 Å². The van der Waals surface area contributed by atoms with Crippen molar-refractivity contribution in [3.63, 3.8) is 0 Å². The fourth-order valence-electron chi connectivity index (χ4n) is 2.43. The van der Waals surface area contributed by atoms with Crippen molar-refractivity contribution in [3.05, 3.63) is 23.5 Å². The maximum atomic E-state index is 11.6. The Morgan fingerprint density at radius 1 is 1.48 bits per heavy atom. The van der Waals surface area contributed by atoms with E-state index in [4.69, 9.17) is 21.0 Å². The van der Waals surface area contributed by atoms with Gasteiger partial charge in [0.15, 0.2) is 0 Å². The van der Waals surface area contributed by atoms with Crippen molar-refractivity contribution < 1.29 is 19.4 Å². The molecule has 0 aromatic carbocycles. The number of aliphatic hydroxyl groups is 2. The first-order valence-corrected chi connectivity index (χ1v) is 8.16. The highest BCUT2D eigenvalue weighted by Crippen LogP contribution is 2.39. The van der Waals surface area contributed by atoms with Gasteiger partial charge in [-0.25, -0.2) is 9.97 Å². The van der Waals surface area contributed by atoms with Gasteiger partial charge in [-0.1, -0.05) is 0 Å². The number of amides is 1. The Labute approximate surface area is 146 Å². The molecule has 0 fully saturated rings. The molecule has 0 saturated heterocycles. The third kappa shape index (κ3) is 3.14. The van der Waals surface area contributed by atoms with E-state index >= 15 is 0 Å². The van der Waals surface area contributed by atoms with Crippen molar-refractivity contribution in [1.82, 2.24) is 9.97 Å². The smallest absolute Gasteiger partial charge is 0.260 e. The van der Waals surface area contributed by atoms with Crippen LogP contribution in [-0.2, 0) is 0 Å². The SMILES string of the molecule is CN(CC(O)CO)c1nc(-c2ccoc2)c2c(N)c(C(N)=O)sc2n1. The Hall–Kier alpha value is -2.69. The minimum atomic E-state index is -0.934. The number of nitrogen functional groups attached to an aromatic ring is 1. The number of hydrogen-bond donors (Lipinski definition) is 4. The Morgan fingerprint density at radius 2 is 2.24 bits per heavy atom. The largest absolute Gasteiger partial charge is 0.472 e. The highest BCUT2D eigenvalue weighted by molar-refractivity contribution is 7.21. The highest BCUT2D eigenvalue weighted by atomic mass is 32.1. The van der Waals surface area contributed by atoms with E-state index in [9.17, 15) is 9.90 Å². The van der Waals surface area contributed by atoms with Crippen LogP contribution in [0.2, 0.25) is 0 Å². The van der Waals surface area contributed by atoms with E-state index in [2.05, 4.69) is 9.97 Å². The summed E-state index contributed by atoms with van der Waals surface area (Å²) in [6, 6.07) is 1.72. The van der Waals surface area contributed by atoms with Crippen molar-refractivity contribution in [2.24, 2.45) is 5.73 Å². The molecule has 3 aromatic heterocycles. The fourth-order valence-corrected chi connectivity index (χ4v) is 3.37. The van der Waals surface area contributed by atoms with Crippen LogP contribution >= 0.6 is 11.3 Å². The molecule has 0 spiro atoms. The first-order chi connectivity index (χ1) is 11.9. The van der Waals surface area contributed by atoms with E-state index in [1.54, 1.807) is 18.0 Å². The molecule has 0 radical (unpaired) electrons. The lowest BCUT2D eigenvalue weighted by Crippen LogP contribution is -2.32. The zero-order valence-electron chi connectivity index (χ0n) is 13.3. The van der Waals surface area contributed by atoms with Crippen LogP contribution in [-0.4, -0.2) is 52.4 Å². The van der Waals surface area contributed by atoms with Crippen LogP contribution in [0.15, 0.2) is 23.0 Å². The molecule has 25 heavy (non-hydrogen) atoms. The maximum Gasteiger partial charge on any atom is 0.260 e. The average Bonchev–Trinajstić information content (AvgIpc) is 3.22. The number of carbonyl (C=O) groups excluding carboxylic acids is 1. The summed E-state index contributed by atoms with van der Waals surface area (Å²) < 4.78 is 5.12. The first-order valence-electron chi connectivity index (χ1n) is 7.34. The van der Waals surface area contributed by atoms with Crippen LogP contribution in [0.1, 0.15) is 9.67 Å². The van der Waals surface area contributed by atoms with Gasteiger partial charge in [-0.05, 0) is 6.07 Å². The summed E-state index contributed by atoms with van der Waals surface area (Å²) in [6.45, 7) is -0.241. The molecule has 3 rings (SSSR count). The van der Waals surface area contributed by atoms with Crippen LogP contribution in [0, 0.1) is 0 Å². The molecular formula is C15H17N5O4S. The van der Waals surface area contributed by atoms with Crippen molar-refractivity contribution in [1.29, 1.82) is 0 Å². The zero-order valence-corrected chi connectivity index (χ0v) is 14.2. The van der Waals surface area contributed by atoms with Gasteiger partial charge in [0.2, 0.25) is 5.95 Å². The normalized spacial score (nSPS) is 12.4. The van der Waals surface area contributed by atoms with Crippen LogP contribution in [0.25, 0.3) is 21.5 Å². The van der Waals surface area contributed by atoms with Crippen LogP contribution < -0.4 is 16.4 Å². The monoisotopic (exact) mass is 363 g/mol. The molecule has 10 heteroatoms. The van der Waals surface area contributed by atoms with Gasteiger partial charge in [-0.15, -0.1) is 11.3 Å². The summed E-state index contributed by atoms with van der Waals surface area (Å²) in [6.07, 6.45) is 2.07. The third-order valence-electron chi connectivity index (χ3n) is 3.63. The van der Waals surface area contributed by atoms with Crippen LogP contribution in [0.5, 0.6) is 0 Å². The molecule has 1 amide bonds. The number of anilines is 2. The lowest BCUT2D eigenvalue weighted by molar-refractivity contribution is 0.100. The molecule has 0 aliphatic heterocycles. The number of rotatable bonds is 6. The minimum Gasteiger partial charge on any atom is -0.472 e. The van der Waals surface area contributed by atoms with E-state index in [0.717, 1.165) is 11.3 Å². The van der Waals surface area contributed by atoms with E-state index in [1.807, 2.05) is 0 Å². The zero-order chi connectivity index (χ0) is 18.1. The summed E-state index contributed by atoms with van der Waals surface area (Å²) in [4.78, 5) is 22.8. The van der Waals surface area contributed by atoms with Crippen molar-refractivity contribution in [2.45, 2.75) is 6.10 Å². The second-order valence-electron chi connectivity index (χ2n) is 5.49. The Kier molecular flexibility index (Phi) is 4.57. The van der Waals surface area contributed by atoms with E-state index in [-0.39, 0.29) is 23.7 Å². The predicted octanol–water partition coefficient (Wildman–Crippen LogP) is 0.422. The lowest BCUT2D eigenvalue weighted by atomic mass is 10.1. The summed E-state index contributed by atoms with van der Waals surface area (Å²) in [5.74, 6) is -0.322. The summed E-state index contributed by atoms with van der Waals surface area (Å²) in [5, 5.41) is 19.2. The van der Waals surface area contributed by atoms with E-state index in [0.29, 0.717) is 27.4 Å². The Balaban J connectivity index is 2.20. The molecule has 1 unspecified atom stereocenters. The standard InChI is InChI=1S/C15H17N5O4S/c1-20(4-8(22)5-21)15-18-11(7-2-3-24-6-7)9-10(16)12(13(17)23)25-14(9)19-15/h2-3,6,8,21-22H,4-5,16H2,1H3,(H2,17,23). The number of furan rings is 1. The Bertz CT molecular complexity index is 908. The molecule has 0 saturated carbocycles. The lowest BCUT2D eigenvalue weighted by Gasteiger charge is -2.20. The third-order valence-corrected chi connectivity index (χ3v) is 4.75. The topological polar surface area (TPSA) is 152 Å². The fraction of sp³-hybridized carbons (Fsp3) is 0.267. The number of nitrogens with two attached hydrogens (primary N) is 2. The van der Waals surface area contributed by atoms with Crippen molar-refractivity contribution >= 4 is 39.1 Å². The number of likely N-dealkylation sites (N-methyl/N-ethyl adjacent to an activating group) is 1. The molecule has 3 aromatic rings. The average molecular weight is 363 g/mol. The molecule has 9 nitrogen and oxygen atoms in total. The van der Waals surface area contributed by atoms with Gasteiger partial charge in [0.05, 0.1) is 42.0 Å². The predicted molar refractivity (Wildman–Crippen MR) is 94.4 cm³/mol. The highest BCUT2D eigenvalue weighted by Gasteiger charge is 2.22. The second kappa shape index (κ2) is 6.67. The molecule has 3 heterocycles. The van der Waals surface area contributed by atoms with Gasteiger partial charge >= 0.3 is 0 Å². The number of carbonyl (C=O) groups is 1. The van der Waals surface area contributed by atoms with E-state index in [1.165, 1.54) is 12.5 Å². The van der Waals surface area contributed by atoms with Gasteiger partial charge in [0, 0.05) is 19.2 Å². The summed E-state index contributed by atoms with van der Waals surface area (Å²) in [7, 11) is 1.69. The number of aromatic nitrogens is 2. The molecule has 6 N–H and O–H groups in total. The minimum absolute atomic E-state index is 0.135. The number of fused-ring (bicyclic) bond motifs is 1. The summed E-state index contributed by atoms with van der Waals surface area (Å²) in [5.41, 5.74) is 12.9. The molecule has 0 aliphatic carbocycles. The molecule has 1 atom stereocenters. The van der Waals surface area contributed by atoms with Gasteiger partial charge in [0.1, 0.15) is 9.71 Å². The van der Waals surface area contributed by atoms with Gasteiger partial charge in [0.25, 0.3) is 5.91 Å². The molecule has 0 bridgehead atoms. The number of primary amides is 1. The Morgan fingerprint density at radius 3 is 2.84 bits per heavy atom. The van der Waals surface area contributed by atoms with Crippen LogP contribution in [0.3, 0.4) is 0 Å². The second-order valence-corrected chi connectivity index (χ2v) is 6.49. The number of thiophene rings is 1. The van der Waals surface area contributed by atoms with E-state index < -0.39 is 12.0 Å². The quantitative estimate of drug-likeness (QED) is 0.492. The van der Waals surface area contributed by atoms with Gasteiger partial charge < -0.3 is 31.0 Å². The van der Waals surface area contributed by atoms with Crippen LogP contribution in [0.4, 0.5) is 11.6 Å². The maximum absolute atomic E-state index is 11.6. The number of nitrogens with zero attached hydrogens (tertiary/aromatic N) is 3. The molecule has 132 valence electrons. The first kappa shape index (κ1) is 17.1. The summed E-state index contributed by atoms with van der Waals surface area (Å²) >= 11 is 1.08. The number of hydrogen-bond acceptors (Lipinski definition) is 9. The molecule has 0 aliphatic rings. The van der Waals surface area contributed by atoms with Crippen molar-refractivity contribution in [2.75, 3.05) is 30.8 Å². The van der Waals surface area contributed by atoms with Crippen molar-refractivity contribution in [3.8, 4) is 11.3 Å². The number of aliphatic hydroxyl groups excluding tert-OH is 2. The molecular weight excluding hydrogens is 346 g/mol.